The number of rotatable bonds is 7. The number of aliphatic imine (C=N–C) groups is 4. The fourth-order valence-corrected chi connectivity index (χ4v) is 7.08. The minimum Gasteiger partial charge on any atom is -0.337 e. The molecule has 0 aliphatic carbocycles. The van der Waals surface area contributed by atoms with Crippen LogP contribution in [0.3, 0.4) is 0 Å². The number of nitrogens with zero attached hydrogens (tertiary/aromatic N) is 4. The first-order chi connectivity index (χ1) is 28.1. The van der Waals surface area contributed by atoms with E-state index in [-0.39, 0.29) is 21.7 Å². The van der Waals surface area contributed by atoms with E-state index in [1.807, 2.05) is 0 Å². The summed E-state index contributed by atoms with van der Waals surface area (Å²) in [5.41, 5.74) is 11.0. The summed E-state index contributed by atoms with van der Waals surface area (Å²) < 4.78 is 0. The lowest BCUT2D eigenvalue weighted by molar-refractivity contribution is 0.590. The molecule has 8 heteroatoms. The molecular weight excluding hydrogens is 737 g/mol. The predicted octanol–water partition coefficient (Wildman–Crippen LogP) is 13.5. The number of nitrogens with one attached hydrogen (secondary N) is 4. The Bertz CT molecular complexity index is 2030. The van der Waals surface area contributed by atoms with Crippen molar-refractivity contribution in [2.24, 2.45) is 20.0 Å². The first-order valence-electron chi connectivity index (χ1n) is 21.4. The molecule has 8 nitrogen and oxygen atoms in total. The normalized spacial score (nSPS) is 14.6. The summed E-state index contributed by atoms with van der Waals surface area (Å²) in [7, 11) is 0. The molecule has 4 N–H and O–H groups in total. The van der Waals surface area contributed by atoms with Crippen molar-refractivity contribution in [1.82, 2.24) is 0 Å². The van der Waals surface area contributed by atoms with Gasteiger partial charge >= 0.3 is 0 Å². The summed E-state index contributed by atoms with van der Waals surface area (Å²) in [4.78, 5) is 20.7. The molecule has 4 aromatic rings. The van der Waals surface area contributed by atoms with Crippen molar-refractivity contribution in [3.05, 3.63) is 142 Å². The quantitative estimate of drug-likeness (QED) is 0.150. The first-order valence-corrected chi connectivity index (χ1v) is 21.4. The predicted molar refractivity (Wildman–Crippen MR) is 259 cm³/mol. The van der Waals surface area contributed by atoms with E-state index in [1.165, 1.54) is 22.3 Å². The largest absolute Gasteiger partial charge is 0.337 e. The zero-order chi connectivity index (χ0) is 43.6. The minimum atomic E-state index is 0.0521. The maximum Gasteiger partial charge on any atom is 0.176 e. The van der Waals surface area contributed by atoms with Crippen molar-refractivity contribution in [2.75, 3.05) is 21.3 Å². The minimum absolute atomic E-state index is 0.0521. The molecule has 2 heterocycles. The van der Waals surface area contributed by atoms with Crippen LogP contribution in [-0.2, 0) is 21.7 Å². The van der Waals surface area contributed by atoms with Gasteiger partial charge in [0.15, 0.2) is 35.0 Å². The number of amidine groups is 4. The van der Waals surface area contributed by atoms with E-state index in [4.69, 9.17) is 20.0 Å². The second-order valence-electron chi connectivity index (χ2n) is 20.0. The van der Waals surface area contributed by atoms with Crippen LogP contribution >= 0.6 is 0 Å². The van der Waals surface area contributed by atoms with E-state index >= 15 is 0 Å². The summed E-state index contributed by atoms with van der Waals surface area (Å²) in [5.74, 6) is 3.89. The maximum atomic E-state index is 5.19. The average Bonchev–Trinajstić information content (AvgIpc) is 3.75. The van der Waals surface area contributed by atoms with Gasteiger partial charge in [0.2, 0.25) is 0 Å². The highest BCUT2D eigenvalue weighted by Gasteiger charge is 2.27. The molecule has 0 bridgehead atoms. The Balaban J connectivity index is 1.42. The summed E-state index contributed by atoms with van der Waals surface area (Å²) in [5, 5.41) is 14.3. The molecule has 0 aromatic heterocycles. The fourth-order valence-electron chi connectivity index (χ4n) is 7.08. The lowest BCUT2D eigenvalue weighted by Crippen LogP contribution is -2.27. The summed E-state index contributed by atoms with van der Waals surface area (Å²) >= 11 is 0. The summed E-state index contributed by atoms with van der Waals surface area (Å²) in [6.07, 6.45) is 1.38. The Kier molecular flexibility index (Phi) is 12.5. The molecule has 0 atom stereocenters. The molecule has 2 aliphatic heterocycles. The Morgan fingerprint density at radius 3 is 0.667 bits per heavy atom. The van der Waals surface area contributed by atoms with E-state index in [1.54, 1.807) is 0 Å². The molecule has 0 saturated carbocycles. The highest BCUT2D eigenvalue weighted by Crippen LogP contribution is 2.33. The third kappa shape index (κ3) is 10.5. The van der Waals surface area contributed by atoms with Crippen LogP contribution in [0, 0.1) is 0 Å². The molecule has 0 fully saturated rings. The Morgan fingerprint density at radius 2 is 0.517 bits per heavy atom. The maximum absolute atomic E-state index is 5.19. The number of allylic oxidation sites excluding steroid dienone is 2. The highest BCUT2D eigenvalue weighted by atomic mass is 15.2. The van der Waals surface area contributed by atoms with E-state index in [0.717, 1.165) is 33.9 Å². The van der Waals surface area contributed by atoms with Gasteiger partial charge in [0.05, 0.1) is 0 Å². The number of hydrogen-bond donors (Lipinski definition) is 4. The van der Waals surface area contributed by atoms with Crippen molar-refractivity contribution in [2.45, 2.75) is 131 Å². The van der Waals surface area contributed by atoms with Gasteiger partial charge in [0.25, 0.3) is 0 Å². The zero-order valence-electron chi connectivity index (χ0n) is 38.4. The van der Waals surface area contributed by atoms with Gasteiger partial charge in [0.1, 0.15) is 0 Å². The van der Waals surface area contributed by atoms with E-state index in [0.29, 0.717) is 47.8 Å². The SMILES string of the molecule is CCC(=C1N=C(Nc2ccc(C(C)(C)C)cc2)C(Nc2ccc(C(C)(C)C)cc2)=N1)C(CC)=C1N=C(Nc2ccc(C(C)(C)C)cc2)C(Nc2ccc(C(C)(C)C)cc2)=N1. The van der Waals surface area contributed by atoms with Crippen LogP contribution in [-0.4, -0.2) is 23.3 Å². The zero-order valence-corrected chi connectivity index (χ0v) is 38.4. The monoisotopic (exact) mass is 803 g/mol. The molecule has 314 valence electrons. The van der Waals surface area contributed by atoms with Gasteiger partial charge in [-0.05, 0) is 105 Å². The number of benzene rings is 4. The first kappa shape index (κ1) is 43.8. The van der Waals surface area contributed by atoms with Crippen molar-refractivity contribution in [3.63, 3.8) is 0 Å². The van der Waals surface area contributed by atoms with Crippen LogP contribution < -0.4 is 21.3 Å². The Labute approximate surface area is 359 Å². The Hall–Kier alpha value is -5.76. The van der Waals surface area contributed by atoms with Gasteiger partial charge in [-0.15, -0.1) is 0 Å². The summed E-state index contributed by atoms with van der Waals surface area (Å²) in [6, 6.07) is 34.3. The van der Waals surface area contributed by atoms with Crippen molar-refractivity contribution >= 4 is 46.1 Å². The molecule has 0 amide bonds. The molecule has 0 radical (unpaired) electrons. The lowest BCUT2D eigenvalue weighted by Gasteiger charge is -2.20. The topological polar surface area (TPSA) is 97.6 Å². The second kappa shape index (κ2) is 17.1. The van der Waals surface area contributed by atoms with Crippen molar-refractivity contribution < 1.29 is 0 Å². The van der Waals surface area contributed by atoms with E-state index in [2.05, 4.69) is 215 Å². The highest BCUT2D eigenvalue weighted by molar-refractivity contribution is 6.50. The molecule has 2 aliphatic rings. The van der Waals surface area contributed by atoms with Gasteiger partial charge in [-0.25, -0.2) is 20.0 Å². The molecular formula is C52H66N8. The van der Waals surface area contributed by atoms with E-state index < -0.39 is 0 Å². The van der Waals surface area contributed by atoms with E-state index in [9.17, 15) is 0 Å². The van der Waals surface area contributed by atoms with Crippen LogP contribution in [0.25, 0.3) is 0 Å². The van der Waals surface area contributed by atoms with Crippen LogP contribution in [0.1, 0.15) is 132 Å². The number of anilines is 4. The molecule has 0 saturated heterocycles. The molecule has 0 spiro atoms. The standard InChI is InChI=1S/C52H66N8/c1-15-41(43-57-45(53-37-25-17-33(18-26-37)49(3,4)5)46(58-43)54-38-27-19-34(20-28-38)50(6,7)8)42(16-2)44-59-47(55-39-29-21-35(22-30-39)51(9,10)11)48(60-44)56-40-31-23-36(24-32-40)52(12,13)14/h17-32H,15-16H2,1-14H3,(H,53,57)(H,54,58)(H,55,59)(H,56,60). The van der Waals surface area contributed by atoms with Gasteiger partial charge in [-0.1, -0.05) is 145 Å². The smallest absolute Gasteiger partial charge is 0.176 e. The second-order valence-corrected chi connectivity index (χ2v) is 20.0. The average molecular weight is 803 g/mol. The van der Waals surface area contributed by atoms with Gasteiger partial charge in [-0.3, -0.25) is 0 Å². The lowest BCUT2D eigenvalue weighted by atomic mass is 9.87. The third-order valence-corrected chi connectivity index (χ3v) is 11.0. The van der Waals surface area contributed by atoms with Crippen LogP contribution in [0.4, 0.5) is 22.7 Å². The molecule has 60 heavy (non-hydrogen) atoms. The van der Waals surface area contributed by atoms with Crippen LogP contribution in [0.15, 0.2) is 140 Å². The molecule has 6 rings (SSSR count). The molecule has 4 aromatic carbocycles. The van der Waals surface area contributed by atoms with Crippen molar-refractivity contribution in [1.29, 1.82) is 0 Å². The van der Waals surface area contributed by atoms with Gasteiger partial charge in [-0.2, -0.15) is 0 Å². The third-order valence-electron chi connectivity index (χ3n) is 11.0. The van der Waals surface area contributed by atoms with Crippen LogP contribution in [0.5, 0.6) is 0 Å². The van der Waals surface area contributed by atoms with Gasteiger partial charge < -0.3 is 21.3 Å². The fraction of sp³-hybridized carbons (Fsp3) is 0.385. The summed E-state index contributed by atoms with van der Waals surface area (Å²) in [6.45, 7) is 31.0. The van der Waals surface area contributed by atoms with Gasteiger partial charge in [0, 0.05) is 33.9 Å². The van der Waals surface area contributed by atoms with Crippen LogP contribution in [0.2, 0.25) is 0 Å². The number of hydrogen-bond acceptors (Lipinski definition) is 8. The van der Waals surface area contributed by atoms with Crippen molar-refractivity contribution in [3.8, 4) is 0 Å². The Morgan fingerprint density at radius 1 is 0.333 bits per heavy atom. The molecule has 0 unspecified atom stereocenters.